The third-order valence-corrected chi connectivity index (χ3v) is 3.14. The lowest BCUT2D eigenvalue weighted by atomic mass is 10.1. The Labute approximate surface area is 116 Å². The Morgan fingerprint density at radius 2 is 1.89 bits per heavy atom. The lowest BCUT2D eigenvalue weighted by Gasteiger charge is -2.11. The van der Waals surface area contributed by atoms with Crippen molar-refractivity contribution in [3.63, 3.8) is 0 Å². The summed E-state index contributed by atoms with van der Waals surface area (Å²) in [6, 6.07) is 10.7. The molecule has 0 radical (unpaired) electrons. The van der Waals surface area contributed by atoms with Gasteiger partial charge in [-0.3, -0.25) is 10.1 Å². The van der Waals surface area contributed by atoms with E-state index in [1.54, 1.807) is 12.1 Å². The summed E-state index contributed by atoms with van der Waals surface area (Å²) in [5.74, 6) is 0. The van der Waals surface area contributed by atoms with Gasteiger partial charge in [-0.15, -0.1) is 0 Å². The molecule has 4 nitrogen and oxygen atoms in total. The molecular formula is C14H13ClN2O2. The molecule has 0 saturated heterocycles. The van der Waals surface area contributed by atoms with E-state index in [9.17, 15) is 10.1 Å². The number of para-hydroxylation sites is 1. The summed E-state index contributed by atoms with van der Waals surface area (Å²) in [7, 11) is 0. The van der Waals surface area contributed by atoms with Crippen LogP contribution in [0.4, 0.5) is 17.1 Å². The summed E-state index contributed by atoms with van der Waals surface area (Å²) in [5.41, 5.74) is 3.22. The Bertz CT molecular complexity index is 641. The van der Waals surface area contributed by atoms with Crippen molar-refractivity contribution in [2.75, 3.05) is 5.32 Å². The van der Waals surface area contributed by atoms with Crippen molar-refractivity contribution in [2.45, 2.75) is 13.8 Å². The molecule has 0 aliphatic heterocycles. The van der Waals surface area contributed by atoms with Crippen LogP contribution >= 0.6 is 11.6 Å². The Morgan fingerprint density at radius 1 is 1.16 bits per heavy atom. The zero-order valence-electron chi connectivity index (χ0n) is 10.6. The first-order chi connectivity index (χ1) is 8.99. The van der Waals surface area contributed by atoms with Crippen molar-refractivity contribution >= 4 is 28.7 Å². The van der Waals surface area contributed by atoms with E-state index in [1.165, 1.54) is 6.07 Å². The average molecular weight is 277 g/mol. The molecule has 0 unspecified atom stereocenters. The van der Waals surface area contributed by atoms with Gasteiger partial charge in [-0.2, -0.15) is 0 Å². The van der Waals surface area contributed by atoms with Crippen molar-refractivity contribution in [1.29, 1.82) is 0 Å². The van der Waals surface area contributed by atoms with Crippen LogP contribution < -0.4 is 5.32 Å². The number of nitrogens with zero attached hydrogens (tertiary/aromatic N) is 1. The molecule has 2 aromatic carbocycles. The molecule has 0 saturated carbocycles. The van der Waals surface area contributed by atoms with Crippen LogP contribution in [-0.4, -0.2) is 4.92 Å². The summed E-state index contributed by atoms with van der Waals surface area (Å²) in [6.45, 7) is 3.91. The fourth-order valence-electron chi connectivity index (χ4n) is 1.82. The lowest BCUT2D eigenvalue weighted by Crippen LogP contribution is -1.99. The molecule has 0 amide bonds. The highest BCUT2D eigenvalue weighted by molar-refractivity contribution is 6.33. The molecule has 0 spiro atoms. The minimum Gasteiger partial charge on any atom is -0.350 e. The molecule has 0 atom stereocenters. The van der Waals surface area contributed by atoms with E-state index in [-0.39, 0.29) is 10.7 Å². The number of hydrogen-bond donors (Lipinski definition) is 1. The Balaban J connectivity index is 2.46. The smallest absolute Gasteiger partial charge is 0.311 e. The minimum atomic E-state index is -0.476. The summed E-state index contributed by atoms with van der Waals surface area (Å²) >= 11 is 5.88. The van der Waals surface area contributed by atoms with Gasteiger partial charge in [0.1, 0.15) is 10.7 Å². The second kappa shape index (κ2) is 5.28. The van der Waals surface area contributed by atoms with Gasteiger partial charge in [0.2, 0.25) is 0 Å². The summed E-state index contributed by atoms with van der Waals surface area (Å²) < 4.78 is 0. The lowest BCUT2D eigenvalue weighted by molar-refractivity contribution is -0.383. The van der Waals surface area contributed by atoms with E-state index in [4.69, 9.17) is 11.6 Å². The molecule has 1 N–H and O–H groups in total. The van der Waals surface area contributed by atoms with E-state index in [1.807, 2.05) is 32.0 Å². The van der Waals surface area contributed by atoms with Gasteiger partial charge in [0.15, 0.2) is 0 Å². The fraction of sp³-hybridized carbons (Fsp3) is 0.143. The van der Waals surface area contributed by atoms with Gasteiger partial charge in [-0.25, -0.2) is 0 Å². The third-order valence-electron chi connectivity index (χ3n) is 2.83. The van der Waals surface area contributed by atoms with Crippen LogP contribution in [0.15, 0.2) is 36.4 Å². The number of aryl methyl sites for hydroxylation is 2. The fourth-order valence-corrected chi connectivity index (χ4v) is 2.06. The van der Waals surface area contributed by atoms with Crippen molar-refractivity contribution in [3.05, 3.63) is 62.7 Å². The van der Waals surface area contributed by atoms with Gasteiger partial charge in [0.05, 0.1) is 4.92 Å². The predicted molar refractivity (Wildman–Crippen MR) is 77.3 cm³/mol. The van der Waals surface area contributed by atoms with Crippen molar-refractivity contribution in [1.82, 2.24) is 0 Å². The summed E-state index contributed by atoms with van der Waals surface area (Å²) in [6.07, 6.45) is 0. The second-order valence-electron chi connectivity index (χ2n) is 4.34. The normalized spacial score (nSPS) is 10.3. The van der Waals surface area contributed by atoms with Crippen LogP contribution in [0.1, 0.15) is 11.1 Å². The zero-order valence-corrected chi connectivity index (χ0v) is 11.4. The topological polar surface area (TPSA) is 55.2 Å². The number of hydrogen-bond acceptors (Lipinski definition) is 3. The van der Waals surface area contributed by atoms with Crippen LogP contribution in [0.2, 0.25) is 5.02 Å². The quantitative estimate of drug-likeness (QED) is 0.658. The Hall–Kier alpha value is -2.07. The Morgan fingerprint density at radius 3 is 2.58 bits per heavy atom. The maximum absolute atomic E-state index is 11.1. The van der Waals surface area contributed by atoms with Crippen LogP contribution in [-0.2, 0) is 0 Å². The van der Waals surface area contributed by atoms with Gasteiger partial charge in [0, 0.05) is 5.69 Å². The average Bonchev–Trinajstić information content (AvgIpc) is 2.33. The van der Waals surface area contributed by atoms with Crippen molar-refractivity contribution in [2.24, 2.45) is 0 Å². The third kappa shape index (κ3) is 2.85. The van der Waals surface area contributed by atoms with Gasteiger partial charge < -0.3 is 5.32 Å². The monoisotopic (exact) mass is 276 g/mol. The zero-order chi connectivity index (χ0) is 14.0. The van der Waals surface area contributed by atoms with Gasteiger partial charge in [-0.1, -0.05) is 29.8 Å². The number of anilines is 2. The number of benzene rings is 2. The molecule has 0 aromatic heterocycles. The van der Waals surface area contributed by atoms with Crippen molar-refractivity contribution in [3.8, 4) is 0 Å². The number of halogens is 1. The van der Waals surface area contributed by atoms with Crippen molar-refractivity contribution < 1.29 is 4.92 Å². The molecule has 0 heterocycles. The van der Waals surface area contributed by atoms with Crippen LogP contribution in [0.25, 0.3) is 0 Å². The van der Waals surface area contributed by atoms with Crippen LogP contribution in [0.3, 0.4) is 0 Å². The van der Waals surface area contributed by atoms with Gasteiger partial charge in [0.25, 0.3) is 0 Å². The SMILES string of the molecule is Cc1ccc(C)c(Nc2cccc(Cl)c2[N+](=O)[O-])c1. The molecule has 2 rings (SSSR count). The van der Waals surface area contributed by atoms with E-state index in [0.717, 1.165) is 16.8 Å². The summed E-state index contributed by atoms with van der Waals surface area (Å²) in [4.78, 5) is 10.6. The van der Waals surface area contributed by atoms with Crippen LogP contribution in [0, 0.1) is 24.0 Å². The Kier molecular flexibility index (Phi) is 3.71. The maximum Gasteiger partial charge on any atom is 0.311 e. The first-order valence-electron chi connectivity index (χ1n) is 5.76. The first kappa shape index (κ1) is 13.4. The van der Waals surface area contributed by atoms with E-state index < -0.39 is 4.92 Å². The first-order valence-corrected chi connectivity index (χ1v) is 6.14. The molecule has 19 heavy (non-hydrogen) atoms. The van der Waals surface area contributed by atoms with E-state index >= 15 is 0 Å². The molecule has 98 valence electrons. The minimum absolute atomic E-state index is 0.106. The maximum atomic E-state index is 11.1. The highest BCUT2D eigenvalue weighted by Gasteiger charge is 2.18. The van der Waals surface area contributed by atoms with Gasteiger partial charge in [-0.05, 0) is 43.2 Å². The van der Waals surface area contributed by atoms with E-state index in [2.05, 4.69) is 5.32 Å². The molecular weight excluding hydrogens is 264 g/mol. The number of rotatable bonds is 3. The summed E-state index contributed by atoms with van der Waals surface area (Å²) in [5, 5.41) is 14.3. The number of nitrogens with one attached hydrogen (secondary N) is 1. The second-order valence-corrected chi connectivity index (χ2v) is 4.74. The standard InChI is InChI=1S/C14H13ClN2O2/c1-9-6-7-10(2)13(8-9)16-12-5-3-4-11(15)14(12)17(18)19/h3-8,16H,1-2H3. The molecule has 0 bridgehead atoms. The molecule has 0 aliphatic rings. The number of nitro benzene ring substituents is 1. The van der Waals surface area contributed by atoms with E-state index in [0.29, 0.717) is 5.69 Å². The van der Waals surface area contributed by atoms with Crippen LogP contribution in [0.5, 0.6) is 0 Å². The predicted octanol–water partition coefficient (Wildman–Crippen LogP) is 4.61. The highest BCUT2D eigenvalue weighted by Crippen LogP contribution is 2.34. The largest absolute Gasteiger partial charge is 0.350 e. The molecule has 2 aromatic rings. The number of nitro groups is 1. The molecule has 0 fully saturated rings. The molecule has 0 aliphatic carbocycles. The van der Waals surface area contributed by atoms with Gasteiger partial charge >= 0.3 is 5.69 Å². The molecule has 5 heteroatoms. The highest BCUT2D eigenvalue weighted by atomic mass is 35.5.